The SMILES string of the molecule is CCOC(=O)CCC(=O)N1CCNC(C)C1. The molecule has 5 heteroatoms. The van der Waals surface area contributed by atoms with Gasteiger partial charge in [0.05, 0.1) is 13.0 Å². The van der Waals surface area contributed by atoms with Crippen molar-refractivity contribution in [2.75, 3.05) is 26.2 Å². The molecule has 0 aromatic carbocycles. The van der Waals surface area contributed by atoms with Crippen molar-refractivity contribution < 1.29 is 14.3 Å². The van der Waals surface area contributed by atoms with Crippen molar-refractivity contribution in [3.8, 4) is 0 Å². The Labute approximate surface area is 96.1 Å². The highest BCUT2D eigenvalue weighted by molar-refractivity contribution is 5.81. The van der Waals surface area contributed by atoms with Crippen LogP contribution in [0.4, 0.5) is 0 Å². The van der Waals surface area contributed by atoms with Crippen molar-refractivity contribution >= 4 is 11.9 Å². The molecule has 0 aliphatic carbocycles. The summed E-state index contributed by atoms with van der Waals surface area (Å²) in [6.45, 7) is 6.46. The Balaban J connectivity index is 2.26. The molecule has 1 heterocycles. The largest absolute Gasteiger partial charge is 0.466 e. The van der Waals surface area contributed by atoms with Gasteiger partial charge in [-0.05, 0) is 13.8 Å². The van der Waals surface area contributed by atoms with Crippen molar-refractivity contribution in [1.82, 2.24) is 10.2 Å². The van der Waals surface area contributed by atoms with Crippen molar-refractivity contribution in [3.05, 3.63) is 0 Å². The van der Waals surface area contributed by atoms with Crippen LogP contribution in [0.1, 0.15) is 26.7 Å². The Bertz CT molecular complexity index is 256. The summed E-state index contributed by atoms with van der Waals surface area (Å²) in [7, 11) is 0. The molecule has 1 amide bonds. The Morgan fingerprint density at radius 2 is 2.19 bits per heavy atom. The lowest BCUT2D eigenvalue weighted by Gasteiger charge is -2.31. The molecule has 1 fully saturated rings. The third kappa shape index (κ3) is 4.18. The minimum Gasteiger partial charge on any atom is -0.466 e. The van der Waals surface area contributed by atoms with Crippen LogP contribution >= 0.6 is 0 Å². The van der Waals surface area contributed by atoms with Crippen LogP contribution < -0.4 is 5.32 Å². The number of carbonyl (C=O) groups excluding carboxylic acids is 2. The molecule has 0 bridgehead atoms. The summed E-state index contributed by atoms with van der Waals surface area (Å²) in [5, 5.41) is 3.27. The molecule has 92 valence electrons. The minimum absolute atomic E-state index is 0.0430. The van der Waals surface area contributed by atoms with Gasteiger partial charge in [-0.2, -0.15) is 0 Å². The monoisotopic (exact) mass is 228 g/mol. The summed E-state index contributed by atoms with van der Waals surface area (Å²) in [4.78, 5) is 24.6. The predicted octanol–water partition coefficient (Wildman–Crippen LogP) is 0.150. The van der Waals surface area contributed by atoms with Crippen LogP contribution in [0, 0.1) is 0 Å². The molecule has 0 aromatic rings. The highest BCUT2D eigenvalue weighted by atomic mass is 16.5. The quantitative estimate of drug-likeness (QED) is 0.696. The number of carbonyl (C=O) groups is 2. The molecular weight excluding hydrogens is 208 g/mol. The second-order valence-corrected chi connectivity index (χ2v) is 4.00. The molecule has 1 unspecified atom stereocenters. The zero-order valence-corrected chi connectivity index (χ0v) is 9.99. The average molecular weight is 228 g/mol. The number of piperazine rings is 1. The van der Waals surface area contributed by atoms with Crippen LogP contribution in [-0.4, -0.2) is 49.1 Å². The molecule has 1 aliphatic rings. The number of esters is 1. The first-order valence-corrected chi connectivity index (χ1v) is 5.80. The van der Waals surface area contributed by atoms with E-state index in [1.54, 1.807) is 11.8 Å². The Kier molecular flexibility index (Phi) is 5.25. The van der Waals surface area contributed by atoms with Crippen LogP contribution in [0.25, 0.3) is 0 Å². The highest BCUT2D eigenvalue weighted by Gasteiger charge is 2.20. The molecule has 1 aliphatic heterocycles. The van der Waals surface area contributed by atoms with Gasteiger partial charge in [-0.15, -0.1) is 0 Å². The first kappa shape index (κ1) is 13.0. The molecular formula is C11H20N2O3. The summed E-state index contributed by atoms with van der Waals surface area (Å²) in [6.07, 6.45) is 0.441. The molecule has 0 aromatic heterocycles. The summed E-state index contributed by atoms with van der Waals surface area (Å²) in [6, 6.07) is 0.334. The fraction of sp³-hybridized carbons (Fsp3) is 0.818. The second-order valence-electron chi connectivity index (χ2n) is 4.00. The molecule has 1 saturated heterocycles. The van der Waals surface area contributed by atoms with E-state index in [9.17, 15) is 9.59 Å². The molecule has 0 spiro atoms. The number of nitrogens with zero attached hydrogens (tertiary/aromatic N) is 1. The van der Waals surface area contributed by atoms with Gasteiger partial charge in [-0.3, -0.25) is 9.59 Å². The highest BCUT2D eigenvalue weighted by Crippen LogP contribution is 2.04. The molecule has 0 radical (unpaired) electrons. The van der Waals surface area contributed by atoms with Crippen molar-refractivity contribution in [3.63, 3.8) is 0 Å². The lowest BCUT2D eigenvalue weighted by atomic mass is 10.2. The van der Waals surface area contributed by atoms with E-state index in [1.807, 2.05) is 6.92 Å². The van der Waals surface area contributed by atoms with Crippen molar-refractivity contribution in [2.24, 2.45) is 0 Å². The number of amides is 1. The summed E-state index contributed by atoms with van der Waals surface area (Å²) in [5.41, 5.74) is 0. The van der Waals surface area contributed by atoms with Gasteiger partial charge >= 0.3 is 5.97 Å². The van der Waals surface area contributed by atoms with Gasteiger partial charge < -0.3 is 15.0 Å². The topological polar surface area (TPSA) is 58.6 Å². The number of nitrogens with one attached hydrogen (secondary N) is 1. The average Bonchev–Trinajstić information content (AvgIpc) is 2.26. The fourth-order valence-corrected chi connectivity index (χ4v) is 1.76. The summed E-state index contributed by atoms with van der Waals surface area (Å²) >= 11 is 0. The van der Waals surface area contributed by atoms with Crippen LogP contribution in [0.3, 0.4) is 0 Å². The van der Waals surface area contributed by atoms with Gasteiger partial charge in [0.1, 0.15) is 0 Å². The van der Waals surface area contributed by atoms with E-state index in [-0.39, 0.29) is 24.7 Å². The van der Waals surface area contributed by atoms with E-state index >= 15 is 0 Å². The van der Waals surface area contributed by atoms with Crippen LogP contribution in [0.5, 0.6) is 0 Å². The van der Waals surface area contributed by atoms with Gasteiger partial charge in [-0.1, -0.05) is 0 Å². The number of ether oxygens (including phenoxy) is 1. The third-order valence-electron chi connectivity index (χ3n) is 2.57. The maximum Gasteiger partial charge on any atom is 0.306 e. The van der Waals surface area contributed by atoms with Crippen molar-refractivity contribution in [2.45, 2.75) is 32.7 Å². The van der Waals surface area contributed by atoms with E-state index in [0.717, 1.165) is 19.6 Å². The standard InChI is InChI=1S/C11H20N2O3/c1-3-16-11(15)5-4-10(14)13-7-6-12-9(2)8-13/h9,12H,3-8H2,1-2H3. The third-order valence-corrected chi connectivity index (χ3v) is 2.57. The Hall–Kier alpha value is -1.10. The fourth-order valence-electron chi connectivity index (χ4n) is 1.76. The molecule has 5 nitrogen and oxygen atoms in total. The smallest absolute Gasteiger partial charge is 0.306 e. The lowest BCUT2D eigenvalue weighted by Crippen LogP contribution is -2.51. The number of hydrogen-bond acceptors (Lipinski definition) is 4. The second kappa shape index (κ2) is 6.48. The van der Waals surface area contributed by atoms with Gasteiger partial charge in [0.2, 0.25) is 5.91 Å². The van der Waals surface area contributed by atoms with Crippen molar-refractivity contribution in [1.29, 1.82) is 0 Å². The first-order valence-electron chi connectivity index (χ1n) is 5.80. The Morgan fingerprint density at radius 3 is 2.81 bits per heavy atom. The maximum atomic E-state index is 11.7. The van der Waals surface area contributed by atoms with E-state index in [2.05, 4.69) is 5.32 Å². The molecule has 1 rings (SSSR count). The van der Waals surface area contributed by atoms with Gasteiger partial charge in [0, 0.05) is 32.1 Å². The zero-order chi connectivity index (χ0) is 12.0. The van der Waals surface area contributed by atoms with Crippen LogP contribution in [-0.2, 0) is 14.3 Å². The van der Waals surface area contributed by atoms with Crippen LogP contribution in [0.15, 0.2) is 0 Å². The zero-order valence-electron chi connectivity index (χ0n) is 9.99. The lowest BCUT2D eigenvalue weighted by molar-refractivity contribution is -0.145. The number of rotatable bonds is 4. The van der Waals surface area contributed by atoms with E-state index in [1.165, 1.54) is 0 Å². The molecule has 0 saturated carbocycles. The number of hydrogen-bond donors (Lipinski definition) is 1. The van der Waals surface area contributed by atoms with E-state index in [4.69, 9.17) is 4.74 Å². The summed E-state index contributed by atoms with van der Waals surface area (Å²) < 4.78 is 4.78. The first-order chi connectivity index (χ1) is 7.63. The minimum atomic E-state index is -0.293. The predicted molar refractivity (Wildman–Crippen MR) is 59.9 cm³/mol. The van der Waals surface area contributed by atoms with E-state index < -0.39 is 0 Å². The molecule has 1 N–H and O–H groups in total. The molecule has 16 heavy (non-hydrogen) atoms. The van der Waals surface area contributed by atoms with Gasteiger partial charge in [-0.25, -0.2) is 0 Å². The Morgan fingerprint density at radius 1 is 1.44 bits per heavy atom. The normalized spacial score (nSPS) is 20.6. The van der Waals surface area contributed by atoms with Crippen LogP contribution in [0.2, 0.25) is 0 Å². The van der Waals surface area contributed by atoms with Gasteiger partial charge in [0.25, 0.3) is 0 Å². The maximum absolute atomic E-state index is 11.7. The van der Waals surface area contributed by atoms with E-state index in [0.29, 0.717) is 12.6 Å². The van der Waals surface area contributed by atoms with Gasteiger partial charge in [0.15, 0.2) is 0 Å². The molecule has 1 atom stereocenters. The summed E-state index contributed by atoms with van der Waals surface area (Å²) in [5.74, 6) is -0.250.